The van der Waals surface area contributed by atoms with Gasteiger partial charge in [0.05, 0.1) is 25.6 Å². The molecule has 19 heavy (non-hydrogen) atoms. The summed E-state index contributed by atoms with van der Waals surface area (Å²) in [4.78, 5) is 1.95. The summed E-state index contributed by atoms with van der Waals surface area (Å²) in [5, 5.41) is 1.29. The number of benzene rings is 2. The van der Waals surface area contributed by atoms with E-state index in [-0.39, 0.29) is 0 Å². The van der Waals surface area contributed by atoms with Crippen LogP contribution in [-0.2, 0) is 10.8 Å². The minimum atomic E-state index is -1.48. The van der Waals surface area contributed by atoms with Gasteiger partial charge in [-0.2, -0.15) is 0 Å². The van der Waals surface area contributed by atoms with Crippen molar-refractivity contribution in [2.24, 2.45) is 0 Å². The average molecular weight is 370 g/mol. The molecule has 0 bridgehead atoms. The van der Waals surface area contributed by atoms with E-state index in [1.54, 1.807) is 30.3 Å². The first-order valence-electron chi connectivity index (χ1n) is 4.98. The second kappa shape index (κ2) is 6.29. The average Bonchev–Trinajstić information content (AvgIpc) is 2.33. The maximum Gasteiger partial charge on any atom is 0.0873 e. The molecule has 0 N–H and O–H groups in total. The van der Waals surface area contributed by atoms with Gasteiger partial charge in [0.15, 0.2) is 0 Å². The molecule has 1 nitrogen and oxygen atoms in total. The first-order valence-corrected chi connectivity index (χ1v) is 8.16. The SMILES string of the molecule is O=S(c1ccc(Cl)cc1S)c1cc(Cl)cc(Cl)c1S. The molecule has 2 aromatic carbocycles. The molecule has 2 aromatic rings. The van der Waals surface area contributed by atoms with Crippen molar-refractivity contribution in [3.63, 3.8) is 0 Å². The molecule has 1 unspecified atom stereocenters. The van der Waals surface area contributed by atoms with Crippen LogP contribution in [0.15, 0.2) is 49.9 Å². The summed E-state index contributed by atoms with van der Waals surface area (Å²) in [5.74, 6) is 0. The molecule has 0 aliphatic rings. The Morgan fingerprint density at radius 3 is 2.21 bits per heavy atom. The fourth-order valence-electron chi connectivity index (χ4n) is 1.45. The predicted molar refractivity (Wildman–Crippen MR) is 87.1 cm³/mol. The van der Waals surface area contributed by atoms with Crippen LogP contribution in [0, 0.1) is 0 Å². The molecule has 100 valence electrons. The summed E-state index contributed by atoms with van der Waals surface area (Å²) >= 11 is 26.3. The van der Waals surface area contributed by atoms with Crippen LogP contribution in [0.3, 0.4) is 0 Å². The Bertz CT molecular complexity index is 674. The molecule has 0 aromatic heterocycles. The first kappa shape index (κ1) is 15.5. The van der Waals surface area contributed by atoms with E-state index in [1.807, 2.05) is 0 Å². The van der Waals surface area contributed by atoms with E-state index in [9.17, 15) is 4.21 Å². The Hall–Kier alpha value is 0.160. The zero-order valence-electron chi connectivity index (χ0n) is 9.23. The van der Waals surface area contributed by atoms with Gasteiger partial charge in [0, 0.05) is 19.8 Å². The highest BCUT2D eigenvalue weighted by molar-refractivity contribution is 7.87. The zero-order valence-corrected chi connectivity index (χ0v) is 14.1. The van der Waals surface area contributed by atoms with Crippen LogP contribution in [0.2, 0.25) is 15.1 Å². The molecular weight excluding hydrogens is 363 g/mol. The van der Waals surface area contributed by atoms with Crippen LogP contribution >= 0.6 is 60.1 Å². The standard InChI is InChI=1S/C12H7Cl3OS3/c13-6-1-2-10(9(17)4-6)19(16)11-5-7(14)3-8(15)12(11)18/h1-5,17-18H. The van der Waals surface area contributed by atoms with Crippen molar-refractivity contribution >= 4 is 70.9 Å². The Kier molecular flexibility index (Phi) is 5.15. The van der Waals surface area contributed by atoms with Gasteiger partial charge in [-0.3, -0.25) is 0 Å². The molecule has 1 atom stereocenters. The summed E-state index contributed by atoms with van der Waals surface area (Å²) in [7, 11) is -1.48. The summed E-state index contributed by atoms with van der Waals surface area (Å²) in [6.45, 7) is 0. The molecule has 0 aliphatic heterocycles. The van der Waals surface area contributed by atoms with Gasteiger partial charge < -0.3 is 0 Å². The third kappa shape index (κ3) is 3.43. The van der Waals surface area contributed by atoms with Crippen molar-refractivity contribution in [3.8, 4) is 0 Å². The lowest BCUT2D eigenvalue weighted by Gasteiger charge is -2.09. The summed E-state index contributed by atoms with van der Waals surface area (Å²) in [6.07, 6.45) is 0. The smallest absolute Gasteiger partial charge is 0.0873 e. The fraction of sp³-hybridized carbons (Fsp3) is 0. The van der Waals surface area contributed by atoms with Gasteiger partial charge in [0.2, 0.25) is 0 Å². The molecule has 0 saturated carbocycles. The quantitative estimate of drug-likeness (QED) is 0.679. The minimum absolute atomic E-state index is 0.355. The highest BCUT2D eigenvalue weighted by Gasteiger charge is 2.16. The topological polar surface area (TPSA) is 17.1 Å². The number of hydrogen-bond donors (Lipinski definition) is 2. The number of rotatable bonds is 2. The summed E-state index contributed by atoms with van der Waals surface area (Å²) in [5.41, 5.74) is 0. The molecule has 0 radical (unpaired) electrons. The van der Waals surface area contributed by atoms with Crippen LogP contribution in [-0.4, -0.2) is 4.21 Å². The fourth-order valence-corrected chi connectivity index (χ4v) is 4.35. The maximum atomic E-state index is 12.6. The van der Waals surface area contributed by atoms with E-state index in [1.165, 1.54) is 0 Å². The number of halogens is 3. The van der Waals surface area contributed by atoms with Crippen LogP contribution in [0.5, 0.6) is 0 Å². The van der Waals surface area contributed by atoms with Crippen LogP contribution < -0.4 is 0 Å². The third-order valence-corrected chi connectivity index (χ3v) is 5.83. The predicted octanol–water partition coefficient (Wildman–Crippen LogP) is 5.39. The van der Waals surface area contributed by atoms with E-state index in [0.29, 0.717) is 34.6 Å². The second-order valence-corrected chi connectivity index (χ2v) is 7.24. The van der Waals surface area contributed by atoms with Crippen molar-refractivity contribution in [3.05, 3.63) is 45.4 Å². The first-order chi connectivity index (χ1) is 8.90. The monoisotopic (exact) mass is 368 g/mol. The molecule has 7 heteroatoms. The highest BCUT2D eigenvalue weighted by Crippen LogP contribution is 2.34. The van der Waals surface area contributed by atoms with E-state index < -0.39 is 10.8 Å². The van der Waals surface area contributed by atoms with Gasteiger partial charge >= 0.3 is 0 Å². The van der Waals surface area contributed by atoms with Crippen molar-refractivity contribution in [2.75, 3.05) is 0 Å². The molecule has 2 rings (SSSR count). The van der Waals surface area contributed by atoms with E-state index in [4.69, 9.17) is 34.8 Å². The lowest BCUT2D eigenvalue weighted by atomic mass is 10.3. The minimum Gasteiger partial charge on any atom is -0.249 e. The highest BCUT2D eigenvalue weighted by atomic mass is 35.5. The Labute approximate surface area is 139 Å². The van der Waals surface area contributed by atoms with Gasteiger partial charge in [0.1, 0.15) is 0 Å². The van der Waals surface area contributed by atoms with Gasteiger partial charge in [-0.1, -0.05) is 34.8 Å². The number of hydrogen-bond acceptors (Lipinski definition) is 3. The van der Waals surface area contributed by atoms with E-state index in [0.717, 1.165) is 0 Å². The third-order valence-electron chi connectivity index (χ3n) is 2.31. The normalized spacial score (nSPS) is 12.5. The Morgan fingerprint density at radius 1 is 0.895 bits per heavy atom. The number of thiol groups is 2. The molecule has 0 saturated heterocycles. The van der Waals surface area contributed by atoms with E-state index >= 15 is 0 Å². The van der Waals surface area contributed by atoms with Crippen molar-refractivity contribution in [1.82, 2.24) is 0 Å². The molecule has 0 amide bonds. The summed E-state index contributed by atoms with van der Waals surface area (Å²) < 4.78 is 12.6. The van der Waals surface area contributed by atoms with Crippen LogP contribution in [0.4, 0.5) is 0 Å². The summed E-state index contributed by atoms with van der Waals surface area (Å²) in [6, 6.07) is 8.06. The van der Waals surface area contributed by atoms with Gasteiger partial charge in [-0.05, 0) is 30.3 Å². The second-order valence-electron chi connectivity index (χ2n) is 3.62. The van der Waals surface area contributed by atoms with Gasteiger partial charge in [-0.15, -0.1) is 25.3 Å². The van der Waals surface area contributed by atoms with Crippen molar-refractivity contribution in [2.45, 2.75) is 19.6 Å². The van der Waals surface area contributed by atoms with Crippen molar-refractivity contribution < 1.29 is 4.21 Å². The molecule has 0 heterocycles. The van der Waals surface area contributed by atoms with E-state index in [2.05, 4.69) is 25.3 Å². The van der Waals surface area contributed by atoms with Crippen LogP contribution in [0.25, 0.3) is 0 Å². The van der Waals surface area contributed by atoms with Crippen molar-refractivity contribution in [1.29, 1.82) is 0 Å². The van der Waals surface area contributed by atoms with Crippen LogP contribution in [0.1, 0.15) is 0 Å². The largest absolute Gasteiger partial charge is 0.249 e. The molecular formula is C12H7Cl3OS3. The molecule has 0 fully saturated rings. The lowest BCUT2D eigenvalue weighted by molar-refractivity contribution is 0.680. The maximum absolute atomic E-state index is 12.6. The lowest BCUT2D eigenvalue weighted by Crippen LogP contribution is -1.96. The zero-order chi connectivity index (χ0) is 14.2. The Morgan fingerprint density at radius 2 is 1.58 bits per heavy atom. The Balaban J connectivity index is 2.56. The van der Waals surface area contributed by atoms with Gasteiger partial charge in [-0.25, -0.2) is 4.21 Å². The molecule has 0 aliphatic carbocycles. The molecule has 0 spiro atoms. The van der Waals surface area contributed by atoms with Gasteiger partial charge in [0.25, 0.3) is 0 Å².